The summed E-state index contributed by atoms with van der Waals surface area (Å²) in [5.41, 5.74) is 0.328. The second kappa shape index (κ2) is 7.66. The van der Waals surface area contributed by atoms with Gasteiger partial charge in [0.15, 0.2) is 0 Å². The number of ketones is 1. The molecule has 2 aliphatic heterocycles. The Morgan fingerprint density at radius 1 is 1.07 bits per heavy atom. The molecule has 4 rings (SSSR count). The number of carbonyl (C=O) groups excluding carboxylic acids is 2. The molecule has 2 aromatic carbocycles. The summed E-state index contributed by atoms with van der Waals surface area (Å²) in [7, 11) is 1.21. The topological polar surface area (TPSA) is 65.1 Å². The van der Waals surface area contributed by atoms with E-state index in [1.165, 1.54) is 7.11 Å². The maximum Gasteiger partial charge on any atom is 0.379 e. The predicted molar refractivity (Wildman–Crippen MR) is 100 cm³/mol. The highest BCUT2D eigenvalue weighted by Gasteiger charge is 2.33. The number of nitrogens with zero attached hydrogens (tertiary/aromatic N) is 1. The summed E-state index contributed by atoms with van der Waals surface area (Å²) >= 11 is 0. The first-order chi connectivity index (χ1) is 13.2. The van der Waals surface area contributed by atoms with Crippen LogP contribution in [0.25, 0.3) is 10.8 Å². The highest BCUT2D eigenvalue weighted by Crippen LogP contribution is 2.30. The average molecular weight is 369 g/mol. The lowest BCUT2D eigenvalue weighted by Gasteiger charge is -2.31. The van der Waals surface area contributed by atoms with Gasteiger partial charge in [0.1, 0.15) is 12.4 Å². The first kappa shape index (κ1) is 17.9. The average Bonchev–Trinajstić information content (AvgIpc) is 3.05. The van der Waals surface area contributed by atoms with Crippen molar-refractivity contribution in [2.75, 3.05) is 33.4 Å². The summed E-state index contributed by atoms with van der Waals surface area (Å²) in [5, 5.41) is 1.50. The van der Waals surface area contributed by atoms with Crippen LogP contribution in [0.2, 0.25) is 0 Å². The number of hydrogen-bond donors (Lipinski definition) is 0. The molecule has 2 bridgehead atoms. The summed E-state index contributed by atoms with van der Waals surface area (Å²) in [6.45, 7) is 3.33. The number of rotatable bonds is 6. The second-order valence-corrected chi connectivity index (χ2v) is 7.04. The van der Waals surface area contributed by atoms with Gasteiger partial charge in [-0.3, -0.25) is 9.69 Å². The highest BCUT2D eigenvalue weighted by atomic mass is 16.5. The van der Waals surface area contributed by atoms with Crippen molar-refractivity contribution in [1.29, 1.82) is 0 Å². The number of likely N-dealkylation sites (tertiary alicyclic amines) is 1. The fraction of sp³-hybridized carbons (Fsp3) is 0.429. The lowest BCUT2D eigenvalue weighted by Crippen LogP contribution is -2.44. The summed E-state index contributed by atoms with van der Waals surface area (Å²) in [5.74, 6) is -0.803. The third kappa shape index (κ3) is 3.68. The van der Waals surface area contributed by atoms with Crippen molar-refractivity contribution in [2.24, 2.45) is 0 Å². The molecule has 0 radical (unpaired) electrons. The first-order valence-corrected chi connectivity index (χ1v) is 9.30. The van der Waals surface area contributed by atoms with E-state index in [9.17, 15) is 9.59 Å². The van der Waals surface area contributed by atoms with Crippen molar-refractivity contribution >= 4 is 22.5 Å². The Morgan fingerprint density at radius 2 is 1.78 bits per heavy atom. The number of morpholine rings is 1. The highest BCUT2D eigenvalue weighted by molar-refractivity contribution is 6.43. The number of hydrogen-bond acceptors (Lipinski definition) is 6. The van der Waals surface area contributed by atoms with Crippen molar-refractivity contribution < 1.29 is 23.8 Å². The van der Waals surface area contributed by atoms with E-state index in [0.717, 1.165) is 37.9 Å². The van der Waals surface area contributed by atoms with Gasteiger partial charge in [0.2, 0.25) is 0 Å². The Balaban J connectivity index is 1.48. The molecule has 2 fully saturated rings. The van der Waals surface area contributed by atoms with Crippen LogP contribution in [-0.4, -0.2) is 62.2 Å². The van der Waals surface area contributed by atoms with E-state index >= 15 is 0 Å². The van der Waals surface area contributed by atoms with E-state index in [0.29, 0.717) is 35.5 Å². The Bertz CT molecular complexity index is 853. The molecule has 2 aliphatic rings. The normalized spacial score (nSPS) is 22.0. The molecule has 0 amide bonds. The van der Waals surface area contributed by atoms with Gasteiger partial charge >= 0.3 is 5.97 Å². The number of Topliss-reactive ketones (excluding diaryl/α,β-unsaturated/α-hetero) is 1. The third-order valence-corrected chi connectivity index (χ3v) is 5.28. The minimum Gasteiger partial charge on any atom is -0.492 e. The lowest BCUT2D eigenvalue weighted by atomic mass is 10.0. The van der Waals surface area contributed by atoms with Gasteiger partial charge in [-0.2, -0.15) is 0 Å². The Labute approximate surface area is 158 Å². The Morgan fingerprint density at radius 3 is 2.48 bits per heavy atom. The van der Waals surface area contributed by atoms with Crippen molar-refractivity contribution in [1.82, 2.24) is 4.90 Å². The second-order valence-electron chi connectivity index (χ2n) is 7.04. The van der Waals surface area contributed by atoms with Crippen LogP contribution >= 0.6 is 0 Å². The molecule has 142 valence electrons. The molecular formula is C21H23NO5. The van der Waals surface area contributed by atoms with Crippen LogP contribution in [0.15, 0.2) is 36.4 Å². The standard InChI is InChI=1S/C21H23NO5/c1-25-21(24)20(23)18-8-9-19(17-5-3-2-4-16(17)18)26-11-10-22-12-14-6-7-15(13-22)27-14/h2-5,8-9,14-15H,6-7,10-13H2,1H3. The van der Waals surface area contributed by atoms with E-state index in [1.54, 1.807) is 12.1 Å². The predicted octanol–water partition coefficient (Wildman–Crippen LogP) is 2.44. The summed E-state index contributed by atoms with van der Waals surface area (Å²) < 4.78 is 16.5. The van der Waals surface area contributed by atoms with Gasteiger partial charge in [-0.25, -0.2) is 4.79 Å². The molecule has 0 aliphatic carbocycles. The number of fused-ring (bicyclic) bond motifs is 3. The van der Waals surface area contributed by atoms with E-state index in [2.05, 4.69) is 9.64 Å². The van der Waals surface area contributed by atoms with E-state index < -0.39 is 11.8 Å². The summed E-state index contributed by atoms with van der Waals surface area (Å²) in [4.78, 5) is 26.3. The third-order valence-electron chi connectivity index (χ3n) is 5.28. The molecule has 2 heterocycles. The van der Waals surface area contributed by atoms with Gasteiger partial charge < -0.3 is 14.2 Å². The molecule has 0 N–H and O–H groups in total. The summed E-state index contributed by atoms with van der Waals surface area (Å²) in [6.07, 6.45) is 3.05. The van der Waals surface area contributed by atoms with Crippen LogP contribution in [0, 0.1) is 0 Å². The number of carbonyl (C=O) groups is 2. The van der Waals surface area contributed by atoms with Gasteiger partial charge in [0.25, 0.3) is 5.78 Å². The molecule has 0 spiro atoms. The van der Waals surface area contributed by atoms with Crippen LogP contribution in [-0.2, 0) is 14.3 Å². The Hall–Kier alpha value is -2.44. The van der Waals surface area contributed by atoms with Gasteiger partial charge in [0, 0.05) is 30.6 Å². The zero-order valence-corrected chi connectivity index (χ0v) is 15.3. The molecule has 27 heavy (non-hydrogen) atoms. The molecular weight excluding hydrogens is 346 g/mol. The van der Waals surface area contributed by atoms with Crippen LogP contribution in [0.3, 0.4) is 0 Å². The van der Waals surface area contributed by atoms with Crippen LogP contribution in [0.4, 0.5) is 0 Å². The molecule has 2 aromatic rings. The van der Waals surface area contributed by atoms with Gasteiger partial charge in [-0.05, 0) is 30.4 Å². The fourth-order valence-corrected chi connectivity index (χ4v) is 3.96. The molecule has 6 heteroatoms. The van der Waals surface area contributed by atoms with E-state index in [1.807, 2.05) is 24.3 Å². The quantitative estimate of drug-likeness (QED) is 0.443. The van der Waals surface area contributed by atoms with Crippen LogP contribution < -0.4 is 4.74 Å². The van der Waals surface area contributed by atoms with Crippen molar-refractivity contribution in [3.05, 3.63) is 42.0 Å². The molecule has 6 nitrogen and oxygen atoms in total. The van der Waals surface area contributed by atoms with Crippen molar-refractivity contribution in [3.8, 4) is 5.75 Å². The van der Waals surface area contributed by atoms with Gasteiger partial charge in [-0.1, -0.05) is 24.3 Å². The minimum absolute atomic E-state index is 0.328. The monoisotopic (exact) mass is 369 g/mol. The molecule has 0 aromatic heterocycles. The van der Waals surface area contributed by atoms with E-state index in [4.69, 9.17) is 9.47 Å². The van der Waals surface area contributed by atoms with Gasteiger partial charge in [0.05, 0.1) is 19.3 Å². The van der Waals surface area contributed by atoms with Crippen molar-refractivity contribution in [3.63, 3.8) is 0 Å². The molecule has 2 unspecified atom stereocenters. The zero-order valence-electron chi connectivity index (χ0n) is 15.3. The zero-order chi connectivity index (χ0) is 18.8. The number of benzene rings is 2. The number of methoxy groups -OCH3 is 1. The number of esters is 1. The van der Waals surface area contributed by atoms with Crippen molar-refractivity contribution in [2.45, 2.75) is 25.0 Å². The first-order valence-electron chi connectivity index (χ1n) is 9.30. The largest absolute Gasteiger partial charge is 0.492 e. The van der Waals surface area contributed by atoms with Crippen LogP contribution in [0.5, 0.6) is 5.75 Å². The minimum atomic E-state index is -0.865. The molecule has 2 atom stereocenters. The van der Waals surface area contributed by atoms with Crippen LogP contribution in [0.1, 0.15) is 23.2 Å². The Kier molecular flexibility index (Phi) is 5.09. The fourth-order valence-electron chi connectivity index (χ4n) is 3.96. The molecule has 2 saturated heterocycles. The maximum absolute atomic E-state index is 12.3. The SMILES string of the molecule is COC(=O)C(=O)c1ccc(OCCN2CC3CCC(C2)O3)c2ccccc12. The lowest BCUT2D eigenvalue weighted by molar-refractivity contribution is -0.135. The van der Waals surface area contributed by atoms with E-state index in [-0.39, 0.29) is 0 Å². The van der Waals surface area contributed by atoms with Gasteiger partial charge in [-0.15, -0.1) is 0 Å². The maximum atomic E-state index is 12.3. The molecule has 0 saturated carbocycles. The summed E-state index contributed by atoms with van der Waals surface area (Å²) in [6, 6.07) is 10.8. The smallest absolute Gasteiger partial charge is 0.379 e. The number of ether oxygens (including phenoxy) is 3.